The predicted octanol–water partition coefficient (Wildman–Crippen LogP) is 0.590. The van der Waals surface area contributed by atoms with Gasteiger partial charge in [0.15, 0.2) is 0 Å². The van der Waals surface area contributed by atoms with E-state index in [4.69, 9.17) is 0 Å². The average Bonchev–Trinajstić information content (AvgIpc) is 3.42. The molecule has 4 rings (SSSR count). The summed E-state index contributed by atoms with van der Waals surface area (Å²) in [5.74, 6) is 0.531. The summed E-state index contributed by atoms with van der Waals surface area (Å²) in [6.07, 6.45) is 7.57. The Balaban J connectivity index is 1.29. The standard InChI is InChI=1S/C19H30N4O4S/c1-28(26,27)22-11-10-19(25,13-22)12-20-15-4-6-16(7-5-15)23-18(24)9-8-17(21-23)14-2-3-14/h8-9,14-16,20,25H,2-7,10-13H2,1H3. The molecule has 8 nitrogen and oxygen atoms in total. The van der Waals surface area contributed by atoms with Crippen molar-refractivity contribution in [1.82, 2.24) is 19.4 Å². The van der Waals surface area contributed by atoms with Crippen LogP contribution in [-0.4, -0.2) is 65.1 Å². The number of hydrogen-bond donors (Lipinski definition) is 2. The van der Waals surface area contributed by atoms with Crippen molar-refractivity contribution in [3.05, 3.63) is 28.2 Å². The van der Waals surface area contributed by atoms with Crippen LogP contribution in [0.1, 0.15) is 62.6 Å². The number of β-amino-alcohol motifs (C(OH)–C–C–N with tert-alkyl or cyclic N) is 1. The second-order valence-electron chi connectivity index (χ2n) is 8.77. The zero-order chi connectivity index (χ0) is 19.9. The monoisotopic (exact) mass is 410 g/mol. The van der Waals surface area contributed by atoms with E-state index in [9.17, 15) is 18.3 Å². The highest BCUT2D eigenvalue weighted by Gasteiger charge is 2.40. The second kappa shape index (κ2) is 7.51. The van der Waals surface area contributed by atoms with E-state index in [0.29, 0.717) is 25.4 Å². The van der Waals surface area contributed by atoms with Gasteiger partial charge < -0.3 is 10.4 Å². The van der Waals surface area contributed by atoms with Crippen molar-refractivity contribution >= 4 is 10.0 Å². The Morgan fingerprint density at radius 1 is 1.21 bits per heavy atom. The number of hydrogen-bond acceptors (Lipinski definition) is 6. The minimum Gasteiger partial charge on any atom is -0.387 e. The Kier molecular flexibility index (Phi) is 5.37. The lowest BCUT2D eigenvalue weighted by Crippen LogP contribution is -2.47. The van der Waals surface area contributed by atoms with E-state index < -0.39 is 15.6 Å². The Morgan fingerprint density at radius 2 is 1.93 bits per heavy atom. The minimum atomic E-state index is -3.26. The number of nitrogens with one attached hydrogen (secondary N) is 1. The molecule has 0 aromatic carbocycles. The number of rotatable bonds is 6. The van der Waals surface area contributed by atoms with Crippen LogP contribution in [0.25, 0.3) is 0 Å². The summed E-state index contributed by atoms with van der Waals surface area (Å²) in [6.45, 7) is 0.918. The molecule has 0 spiro atoms. The fourth-order valence-corrected chi connectivity index (χ4v) is 5.30. The molecule has 156 valence electrons. The quantitative estimate of drug-likeness (QED) is 0.711. The van der Waals surface area contributed by atoms with E-state index in [0.717, 1.165) is 31.4 Å². The van der Waals surface area contributed by atoms with Crippen LogP contribution in [0.3, 0.4) is 0 Å². The zero-order valence-corrected chi connectivity index (χ0v) is 17.2. The van der Waals surface area contributed by atoms with Crippen molar-refractivity contribution in [3.63, 3.8) is 0 Å². The summed E-state index contributed by atoms with van der Waals surface area (Å²) in [5.41, 5.74) is 0.0116. The van der Waals surface area contributed by atoms with Crippen molar-refractivity contribution in [3.8, 4) is 0 Å². The molecule has 2 saturated carbocycles. The Morgan fingerprint density at radius 3 is 2.54 bits per heavy atom. The van der Waals surface area contributed by atoms with Crippen LogP contribution in [0.2, 0.25) is 0 Å². The summed E-state index contributed by atoms with van der Waals surface area (Å²) in [6, 6.07) is 3.93. The van der Waals surface area contributed by atoms with E-state index in [1.165, 1.54) is 23.4 Å². The van der Waals surface area contributed by atoms with Gasteiger partial charge in [-0.25, -0.2) is 13.1 Å². The van der Waals surface area contributed by atoms with Crippen LogP contribution in [0.5, 0.6) is 0 Å². The van der Waals surface area contributed by atoms with Crippen molar-refractivity contribution in [2.75, 3.05) is 25.9 Å². The van der Waals surface area contributed by atoms with Crippen molar-refractivity contribution in [1.29, 1.82) is 0 Å². The average molecular weight is 411 g/mol. The summed E-state index contributed by atoms with van der Waals surface area (Å²) < 4.78 is 26.3. The topological polar surface area (TPSA) is 105 Å². The summed E-state index contributed by atoms with van der Waals surface area (Å²) in [5, 5.41) is 18.7. The fraction of sp³-hybridized carbons (Fsp3) is 0.789. The molecule has 1 aromatic heterocycles. The van der Waals surface area contributed by atoms with Gasteiger partial charge in [-0.1, -0.05) is 0 Å². The lowest BCUT2D eigenvalue weighted by molar-refractivity contribution is 0.0505. The Bertz CT molecular complexity index is 874. The molecule has 3 aliphatic rings. The zero-order valence-electron chi connectivity index (χ0n) is 16.4. The predicted molar refractivity (Wildman–Crippen MR) is 106 cm³/mol. The molecule has 1 aromatic rings. The molecule has 3 fully saturated rings. The molecule has 2 N–H and O–H groups in total. The van der Waals surface area contributed by atoms with E-state index in [1.54, 1.807) is 10.7 Å². The largest absolute Gasteiger partial charge is 0.387 e. The third-order valence-corrected chi connectivity index (χ3v) is 7.62. The third-order valence-electron chi connectivity index (χ3n) is 6.37. The van der Waals surface area contributed by atoms with Crippen LogP contribution >= 0.6 is 0 Å². The summed E-state index contributed by atoms with van der Waals surface area (Å²) >= 11 is 0. The van der Waals surface area contributed by atoms with Crippen molar-refractivity contribution < 1.29 is 13.5 Å². The fourth-order valence-electron chi connectivity index (χ4n) is 4.40. The van der Waals surface area contributed by atoms with E-state index in [1.807, 2.05) is 6.07 Å². The molecule has 2 heterocycles. The van der Waals surface area contributed by atoms with Gasteiger partial charge >= 0.3 is 0 Å². The number of sulfonamides is 1. The van der Waals surface area contributed by atoms with Gasteiger partial charge in [0.25, 0.3) is 5.56 Å². The lowest BCUT2D eigenvalue weighted by Gasteiger charge is -2.32. The van der Waals surface area contributed by atoms with Gasteiger partial charge in [0.1, 0.15) is 0 Å². The van der Waals surface area contributed by atoms with E-state index >= 15 is 0 Å². The molecule has 0 amide bonds. The molecular formula is C19H30N4O4S. The van der Waals surface area contributed by atoms with Crippen LogP contribution in [0, 0.1) is 0 Å². The Hall–Kier alpha value is -1.29. The SMILES string of the molecule is CS(=O)(=O)N1CCC(O)(CNC2CCC(n3nc(C4CC4)ccc3=O)CC2)C1. The highest BCUT2D eigenvalue weighted by molar-refractivity contribution is 7.88. The first-order chi connectivity index (χ1) is 13.2. The maximum atomic E-state index is 12.2. The first-order valence-corrected chi connectivity index (χ1v) is 12.1. The van der Waals surface area contributed by atoms with Gasteiger partial charge in [0, 0.05) is 37.7 Å². The molecule has 28 heavy (non-hydrogen) atoms. The number of aliphatic hydroxyl groups is 1. The molecule has 1 atom stereocenters. The second-order valence-corrected chi connectivity index (χ2v) is 10.8. The van der Waals surface area contributed by atoms with Gasteiger partial charge in [0.05, 0.1) is 23.6 Å². The molecular weight excluding hydrogens is 380 g/mol. The highest BCUT2D eigenvalue weighted by atomic mass is 32.2. The first-order valence-electron chi connectivity index (χ1n) is 10.2. The number of nitrogens with zero attached hydrogens (tertiary/aromatic N) is 3. The minimum absolute atomic E-state index is 0.0260. The summed E-state index contributed by atoms with van der Waals surface area (Å²) in [7, 11) is -3.26. The van der Waals surface area contributed by atoms with E-state index in [2.05, 4.69) is 10.4 Å². The first kappa shape index (κ1) is 20.0. The van der Waals surface area contributed by atoms with Crippen LogP contribution < -0.4 is 10.9 Å². The van der Waals surface area contributed by atoms with Gasteiger partial charge in [-0.15, -0.1) is 0 Å². The van der Waals surface area contributed by atoms with Crippen molar-refractivity contribution in [2.24, 2.45) is 0 Å². The molecule has 2 aliphatic carbocycles. The molecule has 0 radical (unpaired) electrons. The van der Waals surface area contributed by atoms with Gasteiger partial charge in [-0.05, 0) is 51.0 Å². The molecule has 1 saturated heterocycles. The van der Waals surface area contributed by atoms with Crippen molar-refractivity contribution in [2.45, 2.75) is 68.5 Å². The maximum Gasteiger partial charge on any atom is 0.267 e. The highest BCUT2D eigenvalue weighted by Crippen LogP contribution is 2.38. The lowest BCUT2D eigenvalue weighted by atomic mass is 9.90. The van der Waals surface area contributed by atoms with Gasteiger partial charge in [-0.2, -0.15) is 9.40 Å². The molecule has 1 aliphatic heterocycles. The van der Waals surface area contributed by atoms with Crippen LogP contribution in [0.4, 0.5) is 0 Å². The van der Waals surface area contributed by atoms with Crippen LogP contribution in [0.15, 0.2) is 16.9 Å². The number of aromatic nitrogens is 2. The van der Waals surface area contributed by atoms with Gasteiger partial charge in [0.2, 0.25) is 10.0 Å². The Labute approximate surface area is 166 Å². The summed E-state index contributed by atoms with van der Waals surface area (Å²) in [4.78, 5) is 12.2. The van der Waals surface area contributed by atoms with Gasteiger partial charge in [-0.3, -0.25) is 4.79 Å². The maximum absolute atomic E-state index is 12.2. The normalized spacial score (nSPS) is 31.9. The molecule has 1 unspecified atom stereocenters. The molecule has 9 heteroatoms. The van der Waals surface area contributed by atoms with Crippen LogP contribution in [-0.2, 0) is 10.0 Å². The van der Waals surface area contributed by atoms with E-state index in [-0.39, 0.29) is 24.2 Å². The third kappa shape index (κ3) is 4.48. The molecule has 0 bridgehead atoms. The smallest absolute Gasteiger partial charge is 0.267 e.